The van der Waals surface area contributed by atoms with Crippen molar-refractivity contribution in [1.29, 1.82) is 0 Å². The quantitative estimate of drug-likeness (QED) is 0.643. The average Bonchev–Trinajstić information content (AvgIpc) is 3.07. The summed E-state index contributed by atoms with van der Waals surface area (Å²) in [6.45, 7) is 8.45. The summed E-state index contributed by atoms with van der Waals surface area (Å²) >= 11 is 1.74. The van der Waals surface area contributed by atoms with E-state index in [9.17, 15) is 0 Å². The van der Waals surface area contributed by atoms with E-state index in [-0.39, 0.29) is 5.41 Å². The summed E-state index contributed by atoms with van der Waals surface area (Å²) in [6.07, 6.45) is 7.42. The molecule has 1 heterocycles. The van der Waals surface area contributed by atoms with Gasteiger partial charge in [-0.05, 0) is 37.8 Å². The van der Waals surface area contributed by atoms with Crippen LogP contribution in [0, 0.1) is 0 Å². The molecule has 1 saturated carbocycles. The fraction of sp³-hybridized carbons (Fsp3) is 0.500. The van der Waals surface area contributed by atoms with Gasteiger partial charge in [-0.3, -0.25) is 0 Å². The lowest BCUT2D eigenvalue weighted by Gasteiger charge is -2.33. The second-order valence-electron chi connectivity index (χ2n) is 7.58. The Morgan fingerprint density at radius 3 is 2.44 bits per heavy atom. The Kier molecular flexibility index (Phi) is 7.87. The molecule has 0 amide bonds. The van der Waals surface area contributed by atoms with Crippen LogP contribution in [0.3, 0.4) is 0 Å². The topological polar surface area (TPSA) is 77.0 Å². The van der Waals surface area contributed by atoms with Gasteiger partial charge in [0.25, 0.3) is 0 Å². The summed E-state index contributed by atoms with van der Waals surface area (Å²) in [4.78, 5) is 6.35. The van der Waals surface area contributed by atoms with Crippen molar-refractivity contribution in [1.82, 2.24) is 4.98 Å². The van der Waals surface area contributed by atoms with E-state index < -0.39 is 0 Å². The molecule has 2 aromatic rings. The second kappa shape index (κ2) is 9.90. The third-order valence-corrected chi connectivity index (χ3v) is 6.35. The number of anilines is 1. The number of aromatic nitrogens is 1. The molecule has 4 nitrogen and oxygen atoms in total. The summed E-state index contributed by atoms with van der Waals surface area (Å²) in [5.41, 5.74) is 13.1. The lowest BCUT2D eigenvalue weighted by Crippen LogP contribution is -2.27. The van der Waals surface area contributed by atoms with Crippen molar-refractivity contribution in [3.8, 4) is 0 Å². The fourth-order valence-corrected chi connectivity index (χ4v) is 5.17. The zero-order valence-corrected chi connectivity index (χ0v) is 17.7. The number of benzene rings is 1. The van der Waals surface area contributed by atoms with Crippen LogP contribution in [-0.4, -0.2) is 12.0 Å². The largest absolute Gasteiger partial charge is 0.386 e. The van der Waals surface area contributed by atoms with Crippen LogP contribution in [0.1, 0.15) is 68.0 Å². The molecule has 5 N–H and O–H groups in total. The normalized spacial score (nSPS) is 16.7. The predicted octanol–water partition coefficient (Wildman–Crippen LogP) is 5.13. The van der Waals surface area contributed by atoms with Gasteiger partial charge in [-0.25, -0.2) is 4.98 Å². The molecule has 1 aromatic heterocycles. The molecule has 1 fully saturated rings. The highest BCUT2D eigenvalue weighted by Gasteiger charge is 2.34. The van der Waals surface area contributed by atoms with E-state index in [2.05, 4.69) is 61.8 Å². The van der Waals surface area contributed by atoms with E-state index in [0.717, 1.165) is 11.6 Å². The van der Waals surface area contributed by atoms with Crippen LogP contribution in [0.5, 0.6) is 0 Å². The van der Waals surface area contributed by atoms with Crippen LogP contribution < -0.4 is 16.8 Å². The Balaban J connectivity index is 0.00000126. The van der Waals surface area contributed by atoms with Crippen LogP contribution in [0.25, 0.3) is 0 Å². The number of nitrogens with one attached hydrogen (secondary N) is 1. The van der Waals surface area contributed by atoms with E-state index >= 15 is 0 Å². The number of hydrogen-bond acceptors (Lipinski definition) is 5. The first kappa shape index (κ1) is 21.5. The minimum absolute atomic E-state index is 0.191. The van der Waals surface area contributed by atoms with Crippen LogP contribution in [0.4, 0.5) is 5.13 Å². The minimum Gasteiger partial charge on any atom is -0.386 e. The van der Waals surface area contributed by atoms with Crippen molar-refractivity contribution in [2.45, 2.75) is 63.7 Å². The molecule has 0 bridgehead atoms. The van der Waals surface area contributed by atoms with Gasteiger partial charge in [0.05, 0.1) is 11.5 Å². The Morgan fingerprint density at radius 2 is 1.85 bits per heavy atom. The average molecular weight is 387 g/mol. The van der Waals surface area contributed by atoms with Crippen LogP contribution in [0.15, 0.2) is 42.7 Å². The van der Waals surface area contributed by atoms with Crippen LogP contribution in [-0.2, 0) is 11.8 Å². The maximum atomic E-state index is 5.75. The van der Waals surface area contributed by atoms with E-state index in [1.807, 2.05) is 0 Å². The van der Waals surface area contributed by atoms with E-state index in [1.54, 1.807) is 11.3 Å². The van der Waals surface area contributed by atoms with Crippen LogP contribution >= 0.6 is 11.3 Å². The molecule has 1 atom stereocenters. The van der Waals surface area contributed by atoms with Gasteiger partial charge < -0.3 is 16.8 Å². The summed E-state index contributed by atoms with van der Waals surface area (Å²) in [5.74, 6) is 0.929. The predicted molar refractivity (Wildman–Crippen MR) is 118 cm³/mol. The van der Waals surface area contributed by atoms with Crippen molar-refractivity contribution in [3.63, 3.8) is 0 Å². The van der Waals surface area contributed by atoms with Gasteiger partial charge in [0.15, 0.2) is 5.13 Å². The van der Waals surface area contributed by atoms with E-state index in [0.29, 0.717) is 11.7 Å². The molecule has 1 aliphatic carbocycles. The molecular weight excluding hydrogens is 352 g/mol. The van der Waals surface area contributed by atoms with Gasteiger partial charge in [-0.1, -0.05) is 70.0 Å². The number of nitrogens with two attached hydrogens (primary N) is 2. The fourth-order valence-electron chi connectivity index (χ4n) is 3.90. The zero-order chi connectivity index (χ0) is 19.9. The molecule has 1 unspecified atom stereocenters. The monoisotopic (exact) mass is 386 g/mol. The Bertz CT molecular complexity index is 717. The lowest BCUT2D eigenvalue weighted by molar-refractivity contribution is 0.311. The smallest absolute Gasteiger partial charge is 0.188 e. The number of hydrogen-bond donors (Lipinski definition) is 3. The molecule has 0 aliphatic heterocycles. The van der Waals surface area contributed by atoms with Crippen molar-refractivity contribution in [2.75, 3.05) is 12.4 Å². The molecule has 0 radical (unpaired) electrons. The summed E-state index contributed by atoms with van der Waals surface area (Å²) in [6, 6.07) is 10.7. The first-order valence-corrected chi connectivity index (χ1v) is 10.6. The lowest BCUT2D eigenvalue weighted by atomic mass is 9.72. The minimum atomic E-state index is 0.191. The maximum Gasteiger partial charge on any atom is 0.188 e. The van der Waals surface area contributed by atoms with Crippen molar-refractivity contribution < 1.29 is 0 Å². The number of rotatable bonds is 6. The third kappa shape index (κ3) is 5.56. The molecule has 0 saturated heterocycles. The Morgan fingerprint density at radius 1 is 1.22 bits per heavy atom. The molecular formula is C22H34N4S. The van der Waals surface area contributed by atoms with Crippen molar-refractivity contribution >= 4 is 16.5 Å². The number of nitrogens with zero attached hydrogens (tertiary/aromatic N) is 1. The Hall–Kier alpha value is -1.85. The standard InChI is InChI=1S/C21H29N3S.CH5N/c1-15(17-10-6-4-7-11-17)14-18-19(21(3)12-8-5-9-13-21)24-20(25-18)23-16(2)22;1-2/h4,6-7,10-11,15H,2,5,8-9,12-14,22H2,1,3H3,(H,23,24);2H2,1H3. The van der Waals surface area contributed by atoms with Gasteiger partial charge in [0, 0.05) is 10.3 Å². The van der Waals surface area contributed by atoms with Crippen LogP contribution in [0.2, 0.25) is 0 Å². The molecule has 3 rings (SSSR count). The zero-order valence-electron chi connectivity index (χ0n) is 16.9. The maximum absolute atomic E-state index is 5.75. The molecule has 5 heteroatoms. The Labute approximate surface area is 168 Å². The summed E-state index contributed by atoms with van der Waals surface area (Å²) < 4.78 is 0. The SMILES string of the molecule is C=C(N)Nc1nc(C2(C)CCCCC2)c(CC(C)c2ccccc2)s1.CN. The first-order chi connectivity index (χ1) is 13.0. The summed E-state index contributed by atoms with van der Waals surface area (Å²) in [5, 5.41) is 4.00. The second-order valence-corrected chi connectivity index (χ2v) is 8.66. The van der Waals surface area contributed by atoms with Gasteiger partial charge in [0.2, 0.25) is 0 Å². The highest BCUT2D eigenvalue weighted by Crippen LogP contribution is 2.43. The van der Waals surface area contributed by atoms with E-state index in [1.165, 1.54) is 55.3 Å². The summed E-state index contributed by atoms with van der Waals surface area (Å²) in [7, 11) is 1.50. The van der Waals surface area contributed by atoms with Crippen molar-refractivity contribution in [3.05, 3.63) is 58.9 Å². The third-order valence-electron chi connectivity index (χ3n) is 5.35. The molecule has 27 heavy (non-hydrogen) atoms. The molecule has 0 spiro atoms. The van der Waals surface area contributed by atoms with Gasteiger partial charge in [0.1, 0.15) is 0 Å². The first-order valence-electron chi connectivity index (χ1n) is 9.82. The van der Waals surface area contributed by atoms with Crippen molar-refractivity contribution in [2.24, 2.45) is 11.5 Å². The van der Waals surface area contributed by atoms with Gasteiger partial charge in [-0.15, -0.1) is 11.3 Å². The van der Waals surface area contributed by atoms with Gasteiger partial charge >= 0.3 is 0 Å². The molecule has 148 valence electrons. The highest BCUT2D eigenvalue weighted by molar-refractivity contribution is 7.15. The van der Waals surface area contributed by atoms with E-state index in [4.69, 9.17) is 10.7 Å². The number of thiazole rings is 1. The van der Waals surface area contributed by atoms with Gasteiger partial charge in [-0.2, -0.15) is 0 Å². The molecule has 1 aromatic carbocycles. The molecule has 1 aliphatic rings. The highest BCUT2D eigenvalue weighted by atomic mass is 32.1.